The second kappa shape index (κ2) is 7.48. The van der Waals surface area contributed by atoms with Gasteiger partial charge in [-0.15, -0.1) is 0 Å². The Morgan fingerprint density at radius 2 is 1.50 bits per heavy atom. The Morgan fingerprint density at radius 1 is 1.00 bits per heavy atom. The van der Waals surface area contributed by atoms with Crippen molar-refractivity contribution in [2.24, 2.45) is 0 Å². The zero-order valence-electron chi connectivity index (χ0n) is 14.0. The minimum absolute atomic E-state index is 0.365. The van der Waals surface area contributed by atoms with E-state index in [2.05, 4.69) is 29.1 Å². The van der Waals surface area contributed by atoms with Crippen molar-refractivity contribution in [3.63, 3.8) is 0 Å². The molecule has 0 amide bonds. The lowest BCUT2D eigenvalue weighted by molar-refractivity contribution is -0.0185. The number of aliphatic hydroxyl groups excluding tert-OH is 1. The van der Waals surface area contributed by atoms with Gasteiger partial charge in [-0.25, -0.2) is 0 Å². The summed E-state index contributed by atoms with van der Waals surface area (Å²) in [7, 11) is 0.160. The van der Waals surface area contributed by atoms with Crippen molar-refractivity contribution in [3.8, 4) is 0 Å². The van der Waals surface area contributed by atoms with Gasteiger partial charge in [0.05, 0.1) is 0 Å². The molecule has 1 heterocycles. The summed E-state index contributed by atoms with van der Waals surface area (Å²) in [6.45, 7) is 13.3. The molecular formula is C13H32N2O3Si2. The third kappa shape index (κ3) is 5.21. The van der Waals surface area contributed by atoms with E-state index in [1.165, 1.54) is 0 Å². The standard InChI is InChI=1S/C13H32N2O3Si2/c1-17-20(6,18-2)12-7-13(16)14-8-10-15(11-9-14)19(3,4)5/h13,16H,7-12H2,1-6H3. The van der Waals surface area contributed by atoms with Gasteiger partial charge in [-0.05, 0) is 19.0 Å². The Balaban J connectivity index is 2.38. The highest BCUT2D eigenvalue weighted by Crippen LogP contribution is 2.19. The van der Waals surface area contributed by atoms with Crippen molar-refractivity contribution < 1.29 is 14.0 Å². The summed E-state index contributed by atoms with van der Waals surface area (Å²) in [5.74, 6) is 0. The minimum atomic E-state index is -2.06. The second-order valence-corrected chi connectivity index (χ2v) is 15.3. The van der Waals surface area contributed by atoms with Gasteiger partial charge in [0, 0.05) is 40.4 Å². The SMILES string of the molecule is CO[Si](C)(CCC(O)N1CCN([Si](C)(C)C)CC1)OC. The molecule has 0 spiro atoms. The molecule has 0 aromatic rings. The van der Waals surface area contributed by atoms with Gasteiger partial charge >= 0.3 is 8.56 Å². The molecule has 0 aromatic carbocycles. The lowest BCUT2D eigenvalue weighted by Crippen LogP contribution is -2.57. The molecule has 0 saturated carbocycles. The van der Waals surface area contributed by atoms with Gasteiger partial charge in [0.25, 0.3) is 0 Å². The van der Waals surface area contributed by atoms with Crippen LogP contribution in [0.3, 0.4) is 0 Å². The van der Waals surface area contributed by atoms with E-state index in [0.717, 1.165) is 38.6 Å². The summed E-state index contributed by atoms with van der Waals surface area (Å²) in [6.07, 6.45) is 0.369. The van der Waals surface area contributed by atoms with Gasteiger partial charge in [0.2, 0.25) is 0 Å². The largest absolute Gasteiger partial charge is 0.398 e. The first-order valence-electron chi connectivity index (χ1n) is 7.49. The molecule has 5 nitrogen and oxygen atoms in total. The molecule has 1 aliphatic rings. The van der Waals surface area contributed by atoms with Crippen molar-refractivity contribution in [1.29, 1.82) is 0 Å². The molecule has 0 aromatic heterocycles. The van der Waals surface area contributed by atoms with Gasteiger partial charge < -0.3 is 18.5 Å². The van der Waals surface area contributed by atoms with Crippen molar-refractivity contribution in [1.82, 2.24) is 9.47 Å². The van der Waals surface area contributed by atoms with Gasteiger partial charge in [-0.2, -0.15) is 0 Å². The normalized spacial score (nSPS) is 21.1. The van der Waals surface area contributed by atoms with Gasteiger partial charge in [0.15, 0.2) is 0 Å². The summed E-state index contributed by atoms with van der Waals surface area (Å²) in [5, 5.41) is 10.3. The van der Waals surface area contributed by atoms with Crippen molar-refractivity contribution >= 4 is 16.8 Å². The van der Waals surface area contributed by atoms with E-state index in [0.29, 0.717) is 0 Å². The van der Waals surface area contributed by atoms with Crippen LogP contribution in [0.5, 0.6) is 0 Å². The lowest BCUT2D eigenvalue weighted by atomic mass is 10.3. The molecule has 1 saturated heterocycles. The molecule has 1 atom stereocenters. The molecule has 1 fully saturated rings. The molecule has 1 unspecified atom stereocenters. The first kappa shape index (κ1) is 18.3. The third-order valence-corrected chi connectivity index (χ3v) is 9.67. The van der Waals surface area contributed by atoms with Crippen molar-refractivity contribution in [3.05, 3.63) is 0 Å². The predicted octanol–water partition coefficient (Wildman–Crippen LogP) is 1.51. The molecule has 1 aliphatic heterocycles. The van der Waals surface area contributed by atoms with Gasteiger partial charge in [0.1, 0.15) is 14.5 Å². The molecule has 120 valence electrons. The monoisotopic (exact) mass is 320 g/mol. The number of rotatable bonds is 7. The summed E-state index contributed by atoms with van der Waals surface area (Å²) >= 11 is 0. The quantitative estimate of drug-likeness (QED) is 0.721. The fraction of sp³-hybridized carbons (Fsp3) is 1.00. The van der Waals surface area contributed by atoms with Crippen LogP contribution in [0.15, 0.2) is 0 Å². The van der Waals surface area contributed by atoms with E-state index in [-0.39, 0.29) is 6.23 Å². The number of aliphatic hydroxyl groups is 1. The van der Waals surface area contributed by atoms with E-state index in [1.54, 1.807) is 14.2 Å². The average Bonchev–Trinajstić information content (AvgIpc) is 2.43. The molecule has 7 heteroatoms. The second-order valence-electron chi connectivity index (χ2n) is 6.76. The highest BCUT2D eigenvalue weighted by molar-refractivity contribution is 6.73. The van der Waals surface area contributed by atoms with Crippen molar-refractivity contribution in [2.45, 2.75) is 44.9 Å². The smallest absolute Gasteiger partial charge is 0.334 e. The Kier molecular flexibility index (Phi) is 6.84. The Labute approximate surface area is 126 Å². The van der Waals surface area contributed by atoms with Crippen LogP contribution in [0.1, 0.15) is 6.42 Å². The summed E-state index contributed by atoms with van der Waals surface area (Å²) in [6, 6.07) is 0.829. The fourth-order valence-corrected chi connectivity index (χ4v) is 5.45. The summed E-state index contributed by atoms with van der Waals surface area (Å²) < 4.78 is 13.6. The number of hydrogen-bond donors (Lipinski definition) is 1. The van der Waals surface area contributed by atoms with Crippen LogP contribution in [0.25, 0.3) is 0 Å². The summed E-state index contributed by atoms with van der Waals surface area (Å²) in [4.78, 5) is 2.19. The topological polar surface area (TPSA) is 45.2 Å². The first-order chi connectivity index (χ1) is 9.22. The predicted molar refractivity (Wildman–Crippen MR) is 87.6 cm³/mol. The van der Waals surface area contributed by atoms with Gasteiger partial charge in [-0.1, -0.05) is 19.6 Å². The van der Waals surface area contributed by atoms with E-state index >= 15 is 0 Å². The molecule has 20 heavy (non-hydrogen) atoms. The van der Waals surface area contributed by atoms with Crippen LogP contribution in [0.2, 0.25) is 32.2 Å². The molecule has 0 bridgehead atoms. The van der Waals surface area contributed by atoms with Crippen LogP contribution < -0.4 is 0 Å². The zero-order chi connectivity index (χ0) is 15.4. The van der Waals surface area contributed by atoms with Crippen LogP contribution >= 0.6 is 0 Å². The highest BCUT2D eigenvalue weighted by Gasteiger charge is 2.33. The Hall–Kier alpha value is 0.234. The maximum atomic E-state index is 10.3. The Morgan fingerprint density at radius 3 is 1.90 bits per heavy atom. The Bertz CT molecular complexity index is 288. The van der Waals surface area contributed by atoms with Crippen LogP contribution in [0.4, 0.5) is 0 Å². The molecule has 0 aliphatic carbocycles. The number of hydrogen-bond acceptors (Lipinski definition) is 5. The first-order valence-corrected chi connectivity index (χ1v) is 13.5. The fourth-order valence-electron chi connectivity index (χ4n) is 2.55. The molecule has 1 rings (SSSR count). The van der Waals surface area contributed by atoms with Crippen molar-refractivity contribution in [2.75, 3.05) is 40.4 Å². The third-order valence-electron chi connectivity index (χ3n) is 4.40. The van der Waals surface area contributed by atoms with Gasteiger partial charge in [-0.3, -0.25) is 4.90 Å². The number of nitrogens with zero attached hydrogens (tertiary/aromatic N) is 2. The highest BCUT2D eigenvalue weighted by atomic mass is 28.4. The van der Waals surface area contributed by atoms with E-state index in [4.69, 9.17) is 8.85 Å². The lowest BCUT2D eigenvalue weighted by Gasteiger charge is -2.43. The minimum Gasteiger partial charge on any atom is -0.398 e. The van der Waals surface area contributed by atoms with Crippen LogP contribution in [0, 0.1) is 0 Å². The zero-order valence-corrected chi connectivity index (χ0v) is 16.0. The molecule has 1 N–H and O–H groups in total. The molecular weight excluding hydrogens is 288 g/mol. The van der Waals surface area contributed by atoms with Crippen LogP contribution in [-0.2, 0) is 8.85 Å². The van der Waals surface area contributed by atoms with Crippen LogP contribution in [-0.4, -0.2) is 78.0 Å². The van der Waals surface area contributed by atoms with E-state index in [1.807, 2.05) is 6.55 Å². The number of piperazine rings is 1. The molecule has 0 radical (unpaired) electrons. The maximum absolute atomic E-state index is 10.3. The van der Waals surface area contributed by atoms with E-state index in [9.17, 15) is 5.11 Å². The maximum Gasteiger partial charge on any atom is 0.334 e. The van der Waals surface area contributed by atoms with E-state index < -0.39 is 16.8 Å². The summed E-state index contributed by atoms with van der Waals surface area (Å²) in [5.41, 5.74) is 0. The average molecular weight is 321 g/mol.